The summed E-state index contributed by atoms with van der Waals surface area (Å²) < 4.78 is 0. The molecule has 1 aliphatic carbocycles. The molecule has 0 amide bonds. The highest BCUT2D eigenvalue weighted by Crippen LogP contribution is 2.62. The average molecular weight is 350 g/mol. The third-order valence-electron chi connectivity index (χ3n) is 5.62. The van der Waals surface area contributed by atoms with Gasteiger partial charge < -0.3 is 0 Å². The smallest absolute Gasteiger partial charge is 0.0635 e. The fourth-order valence-electron chi connectivity index (χ4n) is 3.69. The van der Waals surface area contributed by atoms with Crippen LogP contribution in [0.1, 0.15) is 85.5 Å². The number of rotatable bonds is 12. The summed E-state index contributed by atoms with van der Waals surface area (Å²) in [5.41, 5.74) is 2.96. The van der Waals surface area contributed by atoms with Gasteiger partial charge in [-0.15, -0.1) is 0 Å². The molecule has 0 fully saturated rings. The Bertz CT molecular complexity index is 394. The van der Waals surface area contributed by atoms with Crippen LogP contribution < -0.4 is 0 Å². The van der Waals surface area contributed by atoms with Crippen LogP contribution in [0, 0.1) is 5.92 Å². The Hall–Kier alpha value is -0.350. The third-order valence-corrected chi connectivity index (χ3v) is 10.0. The van der Waals surface area contributed by atoms with E-state index in [1.54, 1.807) is 5.57 Å². The van der Waals surface area contributed by atoms with Gasteiger partial charge in [0.25, 0.3) is 0 Å². The first-order chi connectivity index (χ1) is 11.6. The molecule has 24 heavy (non-hydrogen) atoms. The van der Waals surface area contributed by atoms with Crippen LogP contribution in [0.5, 0.6) is 0 Å². The third kappa shape index (κ3) is 7.69. The van der Waals surface area contributed by atoms with Crippen molar-refractivity contribution in [3.05, 3.63) is 35.7 Å². The SMILES string of the molecule is C=C(C)[C@@H]1CC=C(/C=C\[P+](CCCC)(CCCC)CCCC)CC1. The highest BCUT2D eigenvalue weighted by molar-refractivity contribution is 7.78. The van der Waals surface area contributed by atoms with Crippen molar-refractivity contribution < 1.29 is 0 Å². The van der Waals surface area contributed by atoms with Gasteiger partial charge in [0.2, 0.25) is 0 Å². The van der Waals surface area contributed by atoms with Crippen molar-refractivity contribution in [2.45, 2.75) is 85.5 Å². The van der Waals surface area contributed by atoms with E-state index in [2.05, 4.69) is 52.2 Å². The van der Waals surface area contributed by atoms with Crippen LogP contribution in [-0.4, -0.2) is 18.5 Å². The summed E-state index contributed by atoms with van der Waals surface area (Å²) >= 11 is 0. The Morgan fingerprint density at radius 3 is 2.00 bits per heavy atom. The molecule has 0 heterocycles. The molecule has 1 atom stereocenters. The maximum atomic E-state index is 4.15. The van der Waals surface area contributed by atoms with Crippen LogP contribution >= 0.6 is 7.26 Å². The van der Waals surface area contributed by atoms with Gasteiger partial charge in [0, 0.05) is 7.26 Å². The summed E-state index contributed by atoms with van der Waals surface area (Å²) in [6.45, 7) is 13.4. The maximum Gasteiger partial charge on any atom is 0.0635 e. The van der Waals surface area contributed by atoms with E-state index in [4.69, 9.17) is 0 Å². The van der Waals surface area contributed by atoms with Gasteiger partial charge in [-0.1, -0.05) is 58.3 Å². The normalized spacial score (nSPS) is 18.8. The van der Waals surface area contributed by atoms with E-state index in [1.165, 1.54) is 81.8 Å². The Morgan fingerprint density at radius 1 is 1.08 bits per heavy atom. The first kappa shape index (κ1) is 21.7. The molecule has 0 N–H and O–H groups in total. The minimum atomic E-state index is -0.886. The standard InChI is InChI=1S/C23H42P/c1-6-9-17-24(18-10-7-2,19-11-8-3)20-16-22-12-14-23(15-13-22)21(4)5/h12,16,20,23H,4,6-11,13-15,17-19H2,1-3,5H3/q+1/b20-16-/t23-/m1/s1. The van der Waals surface area contributed by atoms with Gasteiger partial charge in [-0.2, -0.15) is 0 Å². The van der Waals surface area contributed by atoms with Crippen molar-refractivity contribution in [3.8, 4) is 0 Å². The van der Waals surface area contributed by atoms with Crippen LogP contribution in [0.15, 0.2) is 35.7 Å². The Labute approximate surface area is 153 Å². The zero-order chi connectivity index (χ0) is 17.8. The topological polar surface area (TPSA) is 0 Å². The Morgan fingerprint density at radius 2 is 1.62 bits per heavy atom. The quantitative estimate of drug-likeness (QED) is 0.246. The predicted octanol–water partition coefficient (Wildman–Crippen LogP) is 8.22. The van der Waals surface area contributed by atoms with Crippen LogP contribution in [0.2, 0.25) is 0 Å². The van der Waals surface area contributed by atoms with E-state index in [0.717, 1.165) is 5.92 Å². The summed E-state index contributed by atoms with van der Waals surface area (Å²) in [5, 5.41) is 0. The van der Waals surface area contributed by atoms with Crippen molar-refractivity contribution in [2.75, 3.05) is 18.5 Å². The van der Waals surface area contributed by atoms with E-state index >= 15 is 0 Å². The van der Waals surface area contributed by atoms with Crippen molar-refractivity contribution >= 4 is 7.26 Å². The summed E-state index contributed by atoms with van der Waals surface area (Å²) in [6.07, 6.45) is 21.6. The maximum absolute atomic E-state index is 4.15. The van der Waals surface area contributed by atoms with Crippen LogP contribution in [0.3, 0.4) is 0 Å². The molecule has 1 aliphatic rings. The lowest BCUT2D eigenvalue weighted by atomic mass is 9.86. The molecular weight excluding hydrogens is 307 g/mol. The van der Waals surface area contributed by atoms with Crippen LogP contribution in [-0.2, 0) is 0 Å². The lowest BCUT2D eigenvalue weighted by Gasteiger charge is -2.25. The van der Waals surface area contributed by atoms with Crippen molar-refractivity contribution in [1.82, 2.24) is 0 Å². The molecule has 0 aliphatic heterocycles. The van der Waals surface area contributed by atoms with Crippen molar-refractivity contribution in [3.63, 3.8) is 0 Å². The molecule has 138 valence electrons. The lowest BCUT2D eigenvalue weighted by molar-refractivity contribution is 0.545. The molecule has 0 saturated heterocycles. The first-order valence-corrected chi connectivity index (χ1v) is 12.9. The summed E-state index contributed by atoms with van der Waals surface area (Å²) in [5.74, 6) is 3.46. The van der Waals surface area contributed by atoms with Crippen molar-refractivity contribution in [2.24, 2.45) is 5.92 Å². The molecule has 0 spiro atoms. The van der Waals surface area contributed by atoms with Gasteiger partial charge >= 0.3 is 0 Å². The van der Waals surface area contributed by atoms with Gasteiger partial charge in [0.05, 0.1) is 24.3 Å². The average Bonchev–Trinajstić information content (AvgIpc) is 2.61. The number of allylic oxidation sites excluding steroid dienone is 4. The lowest BCUT2D eigenvalue weighted by Crippen LogP contribution is -2.08. The predicted molar refractivity (Wildman–Crippen MR) is 116 cm³/mol. The molecule has 0 saturated carbocycles. The first-order valence-electron chi connectivity index (χ1n) is 10.5. The largest absolute Gasteiger partial charge is 0.0998 e. The number of hydrogen-bond acceptors (Lipinski definition) is 0. The second-order valence-electron chi connectivity index (χ2n) is 7.86. The van der Waals surface area contributed by atoms with Gasteiger partial charge in [-0.05, 0) is 63.0 Å². The molecule has 0 aromatic rings. The van der Waals surface area contributed by atoms with E-state index in [0.29, 0.717) is 0 Å². The molecule has 0 nitrogen and oxygen atoms in total. The van der Waals surface area contributed by atoms with Crippen LogP contribution in [0.4, 0.5) is 0 Å². The minimum absolute atomic E-state index is 0.724. The number of unbranched alkanes of at least 4 members (excludes halogenated alkanes) is 3. The zero-order valence-electron chi connectivity index (χ0n) is 16.9. The summed E-state index contributed by atoms with van der Waals surface area (Å²) in [4.78, 5) is 0. The van der Waals surface area contributed by atoms with Gasteiger partial charge in [-0.25, -0.2) is 0 Å². The van der Waals surface area contributed by atoms with Crippen LogP contribution in [0.25, 0.3) is 0 Å². The number of hydrogen-bond donors (Lipinski definition) is 0. The summed E-state index contributed by atoms with van der Waals surface area (Å²) in [7, 11) is -0.886. The van der Waals surface area contributed by atoms with Gasteiger partial charge in [0.15, 0.2) is 0 Å². The molecule has 0 bridgehead atoms. The second kappa shape index (κ2) is 12.1. The highest BCUT2D eigenvalue weighted by Gasteiger charge is 2.32. The van der Waals surface area contributed by atoms with Gasteiger partial charge in [-0.3, -0.25) is 0 Å². The Balaban J connectivity index is 2.82. The highest BCUT2D eigenvalue weighted by atomic mass is 31.2. The second-order valence-corrected chi connectivity index (χ2v) is 11.9. The molecule has 1 rings (SSSR count). The Kier molecular flexibility index (Phi) is 10.9. The van der Waals surface area contributed by atoms with E-state index in [-0.39, 0.29) is 0 Å². The molecule has 0 unspecified atom stereocenters. The van der Waals surface area contributed by atoms with E-state index in [9.17, 15) is 0 Å². The van der Waals surface area contributed by atoms with Crippen molar-refractivity contribution in [1.29, 1.82) is 0 Å². The molecule has 0 radical (unpaired) electrons. The fraction of sp³-hybridized carbons (Fsp3) is 0.739. The molecule has 0 aromatic heterocycles. The zero-order valence-corrected chi connectivity index (χ0v) is 17.8. The summed E-state index contributed by atoms with van der Waals surface area (Å²) in [6, 6.07) is 0. The minimum Gasteiger partial charge on any atom is -0.0998 e. The monoisotopic (exact) mass is 349 g/mol. The van der Waals surface area contributed by atoms with E-state index < -0.39 is 7.26 Å². The van der Waals surface area contributed by atoms with E-state index in [1.807, 2.05) is 0 Å². The molecule has 0 aromatic carbocycles. The molecular formula is C23H42P+. The van der Waals surface area contributed by atoms with Gasteiger partial charge in [0.1, 0.15) is 0 Å². The fourth-order valence-corrected chi connectivity index (χ4v) is 8.15. The molecule has 1 heteroatoms.